The highest BCUT2D eigenvalue weighted by Crippen LogP contribution is 2.47. The predicted molar refractivity (Wildman–Crippen MR) is 144 cm³/mol. The van der Waals surface area contributed by atoms with Gasteiger partial charge in [-0.1, -0.05) is 61.4 Å². The van der Waals surface area contributed by atoms with Gasteiger partial charge < -0.3 is 4.42 Å². The molecule has 0 radical (unpaired) electrons. The van der Waals surface area contributed by atoms with Crippen LogP contribution < -0.4 is 4.57 Å². The molecule has 0 bridgehead atoms. The summed E-state index contributed by atoms with van der Waals surface area (Å²) in [5, 5.41) is 2.38. The maximum atomic E-state index is 6.77. The van der Waals surface area contributed by atoms with Crippen LogP contribution in [0.5, 0.6) is 0 Å². The predicted octanol–water partition coefficient (Wildman–Crippen LogP) is 8.27. The maximum Gasteiger partial charge on any atom is 0.216 e. The molecule has 1 saturated carbocycles. The summed E-state index contributed by atoms with van der Waals surface area (Å²) in [6.45, 7) is 2.18. The molecule has 2 heterocycles. The van der Waals surface area contributed by atoms with Gasteiger partial charge in [0.1, 0.15) is 18.2 Å². The van der Waals surface area contributed by atoms with Gasteiger partial charge in [-0.15, -0.1) is 0 Å². The summed E-state index contributed by atoms with van der Waals surface area (Å²) < 4.78 is 8.95. The van der Waals surface area contributed by atoms with Crippen LogP contribution >= 0.6 is 0 Å². The molecule has 7 rings (SSSR count). The minimum atomic E-state index is 0.778. The van der Waals surface area contributed by atoms with E-state index in [-0.39, 0.29) is 0 Å². The van der Waals surface area contributed by atoms with Crippen LogP contribution in [0.15, 0.2) is 77.3 Å². The summed E-state index contributed by atoms with van der Waals surface area (Å²) in [6, 6.07) is 24.6. The molecule has 0 aliphatic heterocycles. The van der Waals surface area contributed by atoms with Crippen LogP contribution in [0.25, 0.3) is 44.3 Å². The Morgan fingerprint density at radius 1 is 0.829 bits per heavy atom. The zero-order valence-corrected chi connectivity index (χ0v) is 20.7. The van der Waals surface area contributed by atoms with Crippen molar-refractivity contribution in [3.63, 3.8) is 0 Å². The number of aryl methyl sites for hydroxylation is 3. The van der Waals surface area contributed by atoms with Crippen molar-refractivity contribution in [2.24, 2.45) is 13.0 Å². The summed E-state index contributed by atoms with van der Waals surface area (Å²) in [5.41, 5.74) is 11.2. The third kappa shape index (κ3) is 3.26. The monoisotopic (exact) mass is 458 g/mol. The van der Waals surface area contributed by atoms with Gasteiger partial charge in [-0.3, -0.25) is 0 Å². The number of fused-ring (bicyclic) bond motifs is 4. The second-order valence-corrected chi connectivity index (χ2v) is 10.7. The van der Waals surface area contributed by atoms with Crippen LogP contribution in [0, 0.1) is 12.8 Å². The highest BCUT2D eigenvalue weighted by molar-refractivity contribution is 6.13. The average molecular weight is 459 g/mol. The van der Waals surface area contributed by atoms with Crippen molar-refractivity contribution in [3.05, 3.63) is 89.6 Å². The zero-order valence-electron chi connectivity index (χ0n) is 20.7. The van der Waals surface area contributed by atoms with Crippen molar-refractivity contribution in [2.45, 2.75) is 51.4 Å². The van der Waals surface area contributed by atoms with Crippen molar-refractivity contribution >= 4 is 21.9 Å². The van der Waals surface area contributed by atoms with Gasteiger partial charge in [0.2, 0.25) is 5.69 Å². The first-order chi connectivity index (χ1) is 17.2. The normalized spacial score (nSPS) is 18.1. The maximum absolute atomic E-state index is 6.77. The van der Waals surface area contributed by atoms with Crippen molar-refractivity contribution < 1.29 is 8.98 Å². The lowest BCUT2D eigenvalue weighted by Crippen LogP contribution is -2.30. The lowest BCUT2D eigenvalue weighted by atomic mass is 9.85. The van der Waals surface area contributed by atoms with Crippen LogP contribution in [-0.4, -0.2) is 0 Å². The van der Waals surface area contributed by atoms with Crippen molar-refractivity contribution in [3.8, 4) is 22.4 Å². The third-order valence-electron chi connectivity index (χ3n) is 8.73. The van der Waals surface area contributed by atoms with Crippen molar-refractivity contribution in [2.75, 3.05) is 0 Å². The van der Waals surface area contributed by atoms with Gasteiger partial charge in [0.25, 0.3) is 0 Å². The second-order valence-electron chi connectivity index (χ2n) is 10.7. The van der Waals surface area contributed by atoms with Crippen LogP contribution in [0.3, 0.4) is 0 Å². The molecule has 2 aromatic heterocycles. The van der Waals surface area contributed by atoms with Gasteiger partial charge >= 0.3 is 0 Å². The van der Waals surface area contributed by atoms with E-state index in [0.717, 1.165) is 23.0 Å². The van der Waals surface area contributed by atoms with E-state index in [2.05, 4.69) is 91.5 Å². The Kier molecular flexibility index (Phi) is 4.84. The first-order valence-corrected chi connectivity index (χ1v) is 13.2. The smallest absolute Gasteiger partial charge is 0.216 e. The molecule has 2 nitrogen and oxygen atoms in total. The number of hydrogen-bond donors (Lipinski definition) is 0. The summed E-state index contributed by atoms with van der Waals surface area (Å²) in [7, 11) is 2.10. The van der Waals surface area contributed by atoms with Gasteiger partial charge in [0, 0.05) is 28.5 Å². The molecule has 0 N–H and O–H groups in total. The Morgan fingerprint density at radius 2 is 1.69 bits per heavy atom. The van der Waals surface area contributed by atoms with Crippen molar-refractivity contribution in [1.29, 1.82) is 0 Å². The minimum Gasteiger partial charge on any atom is -0.454 e. The number of nitrogens with zero attached hydrogens (tertiary/aromatic N) is 1. The quantitative estimate of drug-likeness (QED) is 0.249. The van der Waals surface area contributed by atoms with Gasteiger partial charge in [-0.2, -0.15) is 0 Å². The van der Waals surface area contributed by atoms with Gasteiger partial charge in [-0.25, -0.2) is 4.57 Å². The van der Waals surface area contributed by atoms with Crippen LogP contribution in [0.2, 0.25) is 0 Å². The minimum absolute atomic E-state index is 0.778. The standard InChI is InChI=1S/C33H32NO/c1-21-13-16-29-28-11-7-10-27(32(28)35-33(29)31(21)30-12-5-6-19-34(30)2)24-15-18-26-23(20-24)14-17-25(26)22-8-3-4-9-22/h5-7,10-13,15-16,18-20,22,25H,3-4,8-9,14,17H2,1-2H3/q+1. The third-order valence-corrected chi connectivity index (χ3v) is 8.73. The molecule has 3 aromatic carbocycles. The second kappa shape index (κ2) is 8.09. The topological polar surface area (TPSA) is 17.0 Å². The Labute approximate surface area is 207 Å². The summed E-state index contributed by atoms with van der Waals surface area (Å²) in [6.07, 6.45) is 10.3. The number of hydrogen-bond acceptors (Lipinski definition) is 1. The molecule has 0 saturated heterocycles. The summed E-state index contributed by atoms with van der Waals surface area (Å²) in [4.78, 5) is 0. The highest BCUT2D eigenvalue weighted by Gasteiger charge is 2.31. The number of benzene rings is 3. The lowest BCUT2D eigenvalue weighted by Gasteiger charge is -2.19. The number of pyridine rings is 1. The molecule has 2 aliphatic rings. The molecule has 1 unspecified atom stereocenters. The Balaban J connectivity index is 1.39. The van der Waals surface area contributed by atoms with E-state index >= 15 is 0 Å². The molecular formula is C33H32NO+. The Hall–Kier alpha value is -3.39. The highest BCUT2D eigenvalue weighted by atomic mass is 16.3. The largest absolute Gasteiger partial charge is 0.454 e. The zero-order chi connectivity index (χ0) is 23.5. The van der Waals surface area contributed by atoms with Crippen LogP contribution in [-0.2, 0) is 13.5 Å². The molecule has 1 fully saturated rings. The van der Waals surface area contributed by atoms with E-state index in [1.807, 2.05) is 0 Å². The molecule has 2 aliphatic carbocycles. The van der Waals surface area contributed by atoms with E-state index in [9.17, 15) is 0 Å². The van der Waals surface area contributed by atoms with Crippen LogP contribution in [0.4, 0.5) is 0 Å². The van der Waals surface area contributed by atoms with E-state index in [0.29, 0.717) is 0 Å². The first-order valence-electron chi connectivity index (χ1n) is 13.2. The summed E-state index contributed by atoms with van der Waals surface area (Å²) >= 11 is 0. The van der Waals surface area contributed by atoms with E-state index < -0.39 is 0 Å². The molecule has 2 heteroatoms. The fourth-order valence-electron chi connectivity index (χ4n) is 6.96. The molecule has 1 atom stereocenters. The number of para-hydroxylation sites is 1. The van der Waals surface area contributed by atoms with E-state index in [1.165, 1.54) is 77.2 Å². The first kappa shape index (κ1) is 20.9. The Morgan fingerprint density at radius 3 is 2.54 bits per heavy atom. The fourth-order valence-corrected chi connectivity index (χ4v) is 6.96. The van der Waals surface area contributed by atoms with Gasteiger partial charge in [0.15, 0.2) is 6.20 Å². The molecular weight excluding hydrogens is 426 g/mol. The van der Waals surface area contributed by atoms with E-state index in [1.54, 1.807) is 11.1 Å². The molecule has 174 valence electrons. The SMILES string of the molecule is Cc1ccc2c(oc3c(-c4ccc5c(c4)CCC5C4CCCC4)cccc32)c1-c1cccc[n+]1C. The fraction of sp³-hybridized carbons (Fsp3) is 0.303. The van der Waals surface area contributed by atoms with Crippen LogP contribution in [0.1, 0.15) is 54.7 Å². The lowest BCUT2D eigenvalue weighted by molar-refractivity contribution is -0.660. The Bertz CT molecular complexity index is 1580. The molecule has 0 spiro atoms. The molecule has 0 amide bonds. The van der Waals surface area contributed by atoms with Crippen molar-refractivity contribution in [1.82, 2.24) is 0 Å². The van der Waals surface area contributed by atoms with E-state index in [4.69, 9.17) is 4.42 Å². The van der Waals surface area contributed by atoms with Gasteiger partial charge in [0.05, 0.1) is 5.56 Å². The number of rotatable bonds is 3. The molecule has 35 heavy (non-hydrogen) atoms. The average Bonchev–Trinajstić information content (AvgIpc) is 3.62. The number of furan rings is 1. The van der Waals surface area contributed by atoms with Gasteiger partial charge in [-0.05, 0) is 72.8 Å². The molecule has 5 aromatic rings. The number of aromatic nitrogens is 1. The summed E-state index contributed by atoms with van der Waals surface area (Å²) in [5.74, 6) is 1.68.